The number of nitrogens with one attached hydrogen (secondary N) is 2. The Morgan fingerprint density at radius 2 is 1.92 bits per heavy atom. The van der Waals surface area contributed by atoms with Crippen molar-refractivity contribution in [1.82, 2.24) is 9.97 Å². The van der Waals surface area contributed by atoms with E-state index >= 15 is 0 Å². The molecule has 1 aromatic carbocycles. The topological polar surface area (TPSA) is 91.2 Å². The van der Waals surface area contributed by atoms with Crippen molar-refractivity contribution in [3.8, 4) is 11.5 Å². The molecule has 0 unspecified atom stereocenters. The fourth-order valence-corrected chi connectivity index (χ4v) is 2.68. The van der Waals surface area contributed by atoms with Gasteiger partial charge in [-0.1, -0.05) is 0 Å². The maximum absolute atomic E-state index is 12.5. The Morgan fingerprint density at radius 3 is 2.54 bits per heavy atom. The highest BCUT2D eigenvalue weighted by Crippen LogP contribution is 2.19. The Labute approximate surface area is 150 Å². The normalized spacial score (nSPS) is 10.5. The third-order valence-corrected chi connectivity index (χ3v) is 4.02. The monoisotopic (exact) mass is 352 g/mol. The predicted molar refractivity (Wildman–Crippen MR) is 101 cm³/mol. The fourth-order valence-electron chi connectivity index (χ4n) is 2.68. The van der Waals surface area contributed by atoms with E-state index in [4.69, 9.17) is 4.42 Å². The molecule has 0 radical (unpaired) electrons. The van der Waals surface area contributed by atoms with Gasteiger partial charge in [-0.25, -0.2) is 4.79 Å². The Hall–Kier alpha value is -3.35. The van der Waals surface area contributed by atoms with Gasteiger partial charge in [0.25, 0.3) is 5.91 Å². The van der Waals surface area contributed by atoms with Crippen molar-refractivity contribution < 1.29 is 9.21 Å². The van der Waals surface area contributed by atoms with Crippen LogP contribution in [-0.2, 0) is 0 Å². The molecule has 0 spiro atoms. The van der Waals surface area contributed by atoms with Gasteiger partial charge in [-0.05, 0) is 56.3 Å². The van der Waals surface area contributed by atoms with Crippen LogP contribution in [0.25, 0.3) is 11.5 Å². The van der Waals surface area contributed by atoms with Crippen LogP contribution in [0.3, 0.4) is 0 Å². The lowest BCUT2D eigenvalue weighted by atomic mass is 10.2. The van der Waals surface area contributed by atoms with Crippen LogP contribution >= 0.6 is 0 Å². The summed E-state index contributed by atoms with van der Waals surface area (Å²) in [5, 5.41) is 2.76. The number of amides is 1. The highest BCUT2D eigenvalue weighted by Gasteiger charge is 2.13. The molecule has 134 valence electrons. The van der Waals surface area contributed by atoms with Crippen LogP contribution in [-0.4, -0.2) is 29.0 Å². The number of H-pyrrole nitrogens is 1. The molecule has 2 heterocycles. The molecule has 3 rings (SSSR count). The van der Waals surface area contributed by atoms with Crippen molar-refractivity contribution in [2.24, 2.45) is 0 Å². The van der Waals surface area contributed by atoms with Gasteiger partial charge < -0.3 is 19.6 Å². The number of carbonyl (C=O) groups excluding carboxylic acids is 1. The number of hydrogen-bond donors (Lipinski definition) is 2. The van der Waals surface area contributed by atoms with E-state index in [0.717, 1.165) is 18.8 Å². The minimum absolute atomic E-state index is 0.0213. The number of anilines is 2. The average molecular weight is 352 g/mol. The smallest absolute Gasteiger partial charge is 0.346 e. The molecule has 1 amide bonds. The highest BCUT2D eigenvalue weighted by atomic mass is 16.3. The van der Waals surface area contributed by atoms with Gasteiger partial charge in [0.15, 0.2) is 0 Å². The first-order valence-electron chi connectivity index (χ1n) is 8.42. The number of rotatable bonds is 6. The lowest BCUT2D eigenvalue weighted by Gasteiger charge is -2.21. The number of furan rings is 1. The van der Waals surface area contributed by atoms with Crippen LogP contribution in [0.1, 0.15) is 24.3 Å². The van der Waals surface area contributed by atoms with Gasteiger partial charge in [0.05, 0.1) is 12.0 Å². The van der Waals surface area contributed by atoms with Crippen LogP contribution < -0.4 is 15.9 Å². The average Bonchev–Trinajstić information content (AvgIpc) is 3.18. The number of hydrogen-bond acceptors (Lipinski definition) is 5. The van der Waals surface area contributed by atoms with E-state index in [0.29, 0.717) is 17.1 Å². The molecule has 0 saturated heterocycles. The van der Waals surface area contributed by atoms with E-state index in [1.54, 1.807) is 12.1 Å². The van der Waals surface area contributed by atoms with E-state index in [-0.39, 0.29) is 5.69 Å². The summed E-state index contributed by atoms with van der Waals surface area (Å²) in [5.41, 5.74) is 1.53. The van der Waals surface area contributed by atoms with E-state index in [2.05, 4.69) is 34.0 Å². The summed E-state index contributed by atoms with van der Waals surface area (Å²) in [7, 11) is 0. The van der Waals surface area contributed by atoms with Gasteiger partial charge in [-0.15, -0.1) is 0 Å². The quantitative estimate of drug-likeness (QED) is 0.711. The molecule has 0 aliphatic rings. The molecule has 0 fully saturated rings. The zero-order valence-corrected chi connectivity index (χ0v) is 14.7. The molecular formula is C19H20N4O3. The predicted octanol–water partition coefficient (Wildman–Crippen LogP) is 3.13. The lowest BCUT2D eigenvalue weighted by molar-refractivity contribution is 0.102. The molecule has 0 aliphatic heterocycles. The maximum atomic E-state index is 12.5. The van der Waals surface area contributed by atoms with Gasteiger partial charge in [0.2, 0.25) is 0 Å². The van der Waals surface area contributed by atoms with Crippen LogP contribution in [0, 0.1) is 0 Å². The van der Waals surface area contributed by atoms with Crippen LogP contribution in [0.5, 0.6) is 0 Å². The standard InChI is InChI=1S/C19H20N4O3/c1-3-23(4-2)14-9-7-13(8-10-14)20-18(24)16-12-15(21-19(25)22-16)17-6-5-11-26-17/h5-12H,3-4H2,1-2H3,(H,20,24)(H,21,22,25). The Morgan fingerprint density at radius 1 is 1.19 bits per heavy atom. The third-order valence-electron chi connectivity index (χ3n) is 4.02. The van der Waals surface area contributed by atoms with Gasteiger partial charge in [-0.3, -0.25) is 4.79 Å². The number of aromatic nitrogens is 2. The summed E-state index contributed by atoms with van der Waals surface area (Å²) >= 11 is 0. The summed E-state index contributed by atoms with van der Waals surface area (Å²) in [6.45, 7) is 6.01. The second kappa shape index (κ2) is 7.69. The molecule has 2 aromatic heterocycles. The van der Waals surface area contributed by atoms with Crippen LogP contribution in [0.2, 0.25) is 0 Å². The minimum Gasteiger partial charge on any atom is -0.463 e. The van der Waals surface area contributed by atoms with Crippen LogP contribution in [0.15, 0.2) is 57.9 Å². The summed E-state index contributed by atoms with van der Waals surface area (Å²) in [5.74, 6) is 0.00150. The zero-order valence-electron chi connectivity index (χ0n) is 14.7. The number of nitrogens with zero attached hydrogens (tertiary/aromatic N) is 2. The largest absolute Gasteiger partial charge is 0.463 e. The Bertz CT molecular complexity index is 926. The summed E-state index contributed by atoms with van der Waals surface area (Å²) < 4.78 is 5.25. The van der Waals surface area contributed by atoms with Crippen molar-refractivity contribution in [2.45, 2.75) is 13.8 Å². The van der Waals surface area contributed by atoms with Crippen molar-refractivity contribution >= 4 is 17.3 Å². The fraction of sp³-hybridized carbons (Fsp3) is 0.211. The molecule has 0 atom stereocenters. The van der Waals surface area contributed by atoms with Crippen molar-refractivity contribution in [1.29, 1.82) is 0 Å². The molecule has 0 bridgehead atoms. The van der Waals surface area contributed by atoms with Gasteiger partial charge in [-0.2, -0.15) is 4.98 Å². The first kappa shape index (κ1) is 17.5. The number of aromatic amines is 1. The van der Waals surface area contributed by atoms with Crippen molar-refractivity contribution in [2.75, 3.05) is 23.3 Å². The summed E-state index contributed by atoms with van der Waals surface area (Å²) in [6, 6.07) is 12.4. The molecule has 0 aliphatic carbocycles. The first-order valence-corrected chi connectivity index (χ1v) is 8.42. The van der Waals surface area contributed by atoms with Crippen molar-refractivity contribution in [3.63, 3.8) is 0 Å². The van der Waals surface area contributed by atoms with Crippen molar-refractivity contribution in [3.05, 3.63) is 64.9 Å². The molecule has 7 heteroatoms. The summed E-state index contributed by atoms with van der Waals surface area (Å²) in [4.78, 5) is 32.7. The third kappa shape index (κ3) is 3.83. The van der Waals surface area contributed by atoms with E-state index < -0.39 is 11.6 Å². The molecule has 3 aromatic rings. The van der Waals surface area contributed by atoms with E-state index in [9.17, 15) is 9.59 Å². The minimum atomic E-state index is -0.610. The lowest BCUT2D eigenvalue weighted by Crippen LogP contribution is -2.22. The second-order valence-electron chi connectivity index (χ2n) is 5.64. The zero-order chi connectivity index (χ0) is 18.5. The molecule has 0 saturated carbocycles. The Kier molecular flexibility index (Phi) is 5.17. The SMILES string of the molecule is CCN(CC)c1ccc(NC(=O)c2cc(-c3ccco3)[nH]c(=O)n2)cc1. The summed E-state index contributed by atoms with van der Waals surface area (Å²) in [6.07, 6.45) is 1.49. The Balaban J connectivity index is 1.79. The second-order valence-corrected chi connectivity index (χ2v) is 5.64. The number of carbonyl (C=O) groups is 1. The number of benzene rings is 1. The molecule has 7 nitrogen and oxygen atoms in total. The maximum Gasteiger partial charge on any atom is 0.346 e. The van der Waals surface area contributed by atoms with E-state index in [1.807, 2.05) is 24.3 Å². The highest BCUT2D eigenvalue weighted by molar-refractivity contribution is 6.03. The van der Waals surface area contributed by atoms with Gasteiger partial charge in [0, 0.05) is 24.5 Å². The van der Waals surface area contributed by atoms with E-state index in [1.165, 1.54) is 12.3 Å². The molecule has 26 heavy (non-hydrogen) atoms. The molecular weight excluding hydrogens is 332 g/mol. The molecule has 2 N–H and O–H groups in total. The first-order chi connectivity index (χ1) is 12.6. The van der Waals surface area contributed by atoms with Crippen LogP contribution in [0.4, 0.5) is 11.4 Å². The van der Waals surface area contributed by atoms with Gasteiger partial charge >= 0.3 is 5.69 Å². The van der Waals surface area contributed by atoms with Gasteiger partial charge in [0.1, 0.15) is 11.5 Å².